The zero-order valence-electron chi connectivity index (χ0n) is 14.7. The van der Waals surface area contributed by atoms with Crippen LogP contribution in [-0.2, 0) is 6.61 Å². The lowest BCUT2D eigenvalue weighted by atomic mass is 10.1. The van der Waals surface area contributed by atoms with Crippen molar-refractivity contribution >= 4 is 12.2 Å². The van der Waals surface area contributed by atoms with Gasteiger partial charge in [-0.3, -0.25) is 9.78 Å². The Kier molecular flexibility index (Phi) is 5.43. The Labute approximate surface area is 151 Å². The number of hydrogen-bond donors (Lipinski definition) is 2. The summed E-state index contributed by atoms with van der Waals surface area (Å²) < 4.78 is 5.91. The molecule has 0 aliphatic heterocycles. The summed E-state index contributed by atoms with van der Waals surface area (Å²) in [6.07, 6.45) is 1.63. The van der Waals surface area contributed by atoms with E-state index in [4.69, 9.17) is 4.74 Å². The average Bonchev–Trinajstić information content (AvgIpc) is 2.61. The van der Waals surface area contributed by atoms with E-state index >= 15 is 0 Å². The standard InChI is InChI=1S/C20H20N4O2/c1-14-7-9-16(10-8-14)13-26-18-6-4-3-5-17(18)12-21-24-20-22-15(2)11-19(25)23-20/h3-12H,13H2,1-2H3,(H2,22,23,24,25)/b21-12+. The van der Waals surface area contributed by atoms with Crippen molar-refractivity contribution in [2.45, 2.75) is 20.5 Å². The van der Waals surface area contributed by atoms with Gasteiger partial charge in [0.15, 0.2) is 0 Å². The molecule has 1 heterocycles. The summed E-state index contributed by atoms with van der Waals surface area (Å²) in [5.41, 5.74) is 6.26. The Morgan fingerprint density at radius 3 is 2.69 bits per heavy atom. The van der Waals surface area contributed by atoms with Gasteiger partial charge in [0.25, 0.3) is 5.56 Å². The van der Waals surface area contributed by atoms with Gasteiger partial charge in [-0.2, -0.15) is 5.10 Å². The number of aromatic nitrogens is 2. The minimum Gasteiger partial charge on any atom is -0.488 e. The Bertz CT molecular complexity index is 962. The molecule has 0 atom stereocenters. The number of para-hydroxylation sites is 1. The molecule has 0 aliphatic carbocycles. The maximum atomic E-state index is 11.4. The van der Waals surface area contributed by atoms with Crippen LogP contribution in [0.2, 0.25) is 0 Å². The van der Waals surface area contributed by atoms with Crippen LogP contribution in [0.4, 0.5) is 5.95 Å². The summed E-state index contributed by atoms with van der Waals surface area (Å²) in [5.74, 6) is 1.02. The van der Waals surface area contributed by atoms with Gasteiger partial charge in [-0.1, -0.05) is 42.0 Å². The van der Waals surface area contributed by atoms with E-state index in [0.29, 0.717) is 18.2 Å². The van der Waals surface area contributed by atoms with E-state index in [1.807, 2.05) is 36.4 Å². The van der Waals surface area contributed by atoms with Crippen molar-refractivity contribution in [2.75, 3.05) is 5.43 Å². The molecule has 0 radical (unpaired) electrons. The summed E-state index contributed by atoms with van der Waals surface area (Å²) in [6, 6.07) is 17.3. The number of nitrogens with zero attached hydrogens (tertiary/aromatic N) is 2. The first-order valence-electron chi connectivity index (χ1n) is 8.24. The maximum Gasteiger partial charge on any atom is 0.252 e. The zero-order chi connectivity index (χ0) is 18.4. The third-order valence-electron chi connectivity index (χ3n) is 3.68. The molecule has 0 spiro atoms. The van der Waals surface area contributed by atoms with Gasteiger partial charge in [0.05, 0.1) is 6.21 Å². The summed E-state index contributed by atoms with van der Waals surface area (Å²) in [5, 5.41) is 4.13. The number of anilines is 1. The molecule has 0 saturated carbocycles. The maximum absolute atomic E-state index is 11.4. The minimum atomic E-state index is -0.225. The molecule has 0 fully saturated rings. The summed E-state index contributed by atoms with van der Waals surface area (Å²) in [7, 11) is 0. The van der Waals surface area contributed by atoms with Crippen molar-refractivity contribution in [1.29, 1.82) is 0 Å². The second-order valence-corrected chi connectivity index (χ2v) is 5.92. The van der Waals surface area contributed by atoms with E-state index in [-0.39, 0.29) is 5.56 Å². The van der Waals surface area contributed by atoms with Crippen LogP contribution in [0.5, 0.6) is 5.75 Å². The molecule has 0 bridgehead atoms. The highest BCUT2D eigenvalue weighted by atomic mass is 16.5. The lowest BCUT2D eigenvalue weighted by molar-refractivity contribution is 0.306. The Morgan fingerprint density at radius 2 is 1.92 bits per heavy atom. The average molecular weight is 348 g/mol. The number of aryl methyl sites for hydroxylation is 2. The SMILES string of the molecule is Cc1ccc(COc2ccccc2/C=N/Nc2nc(C)cc(=O)[nH]2)cc1. The first-order valence-corrected chi connectivity index (χ1v) is 8.24. The molecule has 0 unspecified atom stereocenters. The summed E-state index contributed by atoms with van der Waals surface area (Å²) in [6.45, 7) is 4.28. The first kappa shape index (κ1) is 17.4. The number of nitrogens with one attached hydrogen (secondary N) is 2. The molecule has 6 nitrogen and oxygen atoms in total. The fourth-order valence-electron chi connectivity index (χ4n) is 2.36. The number of H-pyrrole nitrogens is 1. The second-order valence-electron chi connectivity index (χ2n) is 5.92. The summed E-state index contributed by atoms with van der Waals surface area (Å²) >= 11 is 0. The fourth-order valence-corrected chi connectivity index (χ4v) is 2.36. The van der Waals surface area contributed by atoms with Gasteiger partial charge in [-0.05, 0) is 31.5 Å². The molecule has 3 rings (SSSR count). The van der Waals surface area contributed by atoms with Crippen LogP contribution in [-0.4, -0.2) is 16.2 Å². The van der Waals surface area contributed by atoms with Crippen molar-refractivity contribution in [1.82, 2.24) is 9.97 Å². The summed E-state index contributed by atoms with van der Waals surface area (Å²) in [4.78, 5) is 18.2. The van der Waals surface area contributed by atoms with Gasteiger partial charge in [0.1, 0.15) is 12.4 Å². The van der Waals surface area contributed by atoms with Gasteiger partial charge >= 0.3 is 0 Å². The van der Waals surface area contributed by atoms with E-state index < -0.39 is 0 Å². The zero-order valence-corrected chi connectivity index (χ0v) is 14.7. The molecule has 6 heteroatoms. The molecular weight excluding hydrogens is 328 g/mol. The lowest BCUT2D eigenvalue weighted by Crippen LogP contribution is -2.10. The van der Waals surface area contributed by atoms with Crippen LogP contribution in [0, 0.1) is 13.8 Å². The quantitative estimate of drug-likeness (QED) is 0.528. The number of rotatable bonds is 6. The van der Waals surface area contributed by atoms with E-state index in [1.165, 1.54) is 11.6 Å². The van der Waals surface area contributed by atoms with Crippen molar-refractivity contribution in [2.24, 2.45) is 5.10 Å². The number of hydrogen-bond acceptors (Lipinski definition) is 5. The molecule has 0 aliphatic rings. The molecule has 26 heavy (non-hydrogen) atoms. The highest BCUT2D eigenvalue weighted by molar-refractivity contribution is 5.83. The number of aromatic amines is 1. The number of benzene rings is 2. The molecule has 132 valence electrons. The van der Waals surface area contributed by atoms with E-state index in [9.17, 15) is 4.79 Å². The van der Waals surface area contributed by atoms with Gasteiger partial charge in [0, 0.05) is 17.3 Å². The Hall–Kier alpha value is -3.41. The highest BCUT2D eigenvalue weighted by Gasteiger charge is 2.02. The van der Waals surface area contributed by atoms with Crippen LogP contribution in [0.25, 0.3) is 0 Å². The van der Waals surface area contributed by atoms with E-state index in [0.717, 1.165) is 16.9 Å². The monoisotopic (exact) mass is 348 g/mol. The van der Waals surface area contributed by atoms with Crippen molar-refractivity contribution in [3.8, 4) is 5.75 Å². The normalized spacial score (nSPS) is 10.8. The van der Waals surface area contributed by atoms with E-state index in [2.05, 4.69) is 39.6 Å². The first-order chi connectivity index (χ1) is 12.6. The predicted molar refractivity (Wildman–Crippen MR) is 103 cm³/mol. The number of hydrazone groups is 1. The van der Waals surface area contributed by atoms with Crippen LogP contribution in [0.15, 0.2) is 64.5 Å². The van der Waals surface area contributed by atoms with E-state index in [1.54, 1.807) is 13.1 Å². The number of ether oxygens (including phenoxy) is 1. The van der Waals surface area contributed by atoms with Gasteiger partial charge in [0.2, 0.25) is 5.95 Å². The molecule has 0 amide bonds. The van der Waals surface area contributed by atoms with Crippen molar-refractivity contribution in [3.63, 3.8) is 0 Å². The van der Waals surface area contributed by atoms with Crippen molar-refractivity contribution in [3.05, 3.63) is 87.3 Å². The Morgan fingerprint density at radius 1 is 1.15 bits per heavy atom. The van der Waals surface area contributed by atoms with Crippen LogP contribution in [0.3, 0.4) is 0 Å². The smallest absolute Gasteiger partial charge is 0.252 e. The molecular formula is C20H20N4O2. The largest absolute Gasteiger partial charge is 0.488 e. The molecule has 2 N–H and O–H groups in total. The third kappa shape index (κ3) is 4.80. The van der Waals surface area contributed by atoms with Gasteiger partial charge in [-0.15, -0.1) is 0 Å². The second kappa shape index (κ2) is 8.11. The van der Waals surface area contributed by atoms with Crippen LogP contribution >= 0.6 is 0 Å². The Balaban J connectivity index is 1.68. The minimum absolute atomic E-state index is 0.225. The molecule has 0 saturated heterocycles. The molecule has 3 aromatic rings. The molecule has 2 aromatic carbocycles. The topological polar surface area (TPSA) is 79.4 Å². The van der Waals surface area contributed by atoms with Gasteiger partial charge < -0.3 is 4.74 Å². The molecule has 1 aromatic heterocycles. The van der Waals surface area contributed by atoms with Crippen LogP contribution < -0.4 is 15.7 Å². The van der Waals surface area contributed by atoms with Gasteiger partial charge in [-0.25, -0.2) is 10.4 Å². The lowest BCUT2D eigenvalue weighted by Gasteiger charge is -2.09. The predicted octanol–water partition coefficient (Wildman–Crippen LogP) is 3.41. The fraction of sp³-hybridized carbons (Fsp3) is 0.150. The third-order valence-corrected chi connectivity index (χ3v) is 3.68. The van der Waals surface area contributed by atoms with Crippen molar-refractivity contribution < 1.29 is 4.74 Å². The van der Waals surface area contributed by atoms with Crippen LogP contribution in [0.1, 0.15) is 22.4 Å². The highest BCUT2D eigenvalue weighted by Crippen LogP contribution is 2.18.